The highest BCUT2D eigenvalue weighted by atomic mass is 35.5. The molecule has 2 aromatic rings. The van der Waals surface area contributed by atoms with Crippen molar-refractivity contribution >= 4 is 62.3 Å². The van der Waals surface area contributed by atoms with Crippen molar-refractivity contribution in [3.05, 3.63) is 62.6 Å². The lowest BCUT2D eigenvalue weighted by atomic mass is 10.1. The summed E-state index contributed by atoms with van der Waals surface area (Å²) >= 11 is 18.6. The number of nitrogens with one attached hydrogen (secondary N) is 1. The molecule has 0 saturated carbocycles. The van der Waals surface area contributed by atoms with Crippen LogP contribution in [0.25, 0.3) is 0 Å². The fourth-order valence-corrected chi connectivity index (χ4v) is 5.09. The highest BCUT2D eigenvalue weighted by Gasteiger charge is 2.35. The Balaban J connectivity index is 2.52. The summed E-state index contributed by atoms with van der Waals surface area (Å²) in [5, 5.41) is 2.80. The smallest absolute Gasteiger partial charge is 0.354 e. The van der Waals surface area contributed by atoms with Gasteiger partial charge in [0, 0.05) is 28.7 Å². The molecule has 0 fully saturated rings. The van der Waals surface area contributed by atoms with Crippen LogP contribution >= 0.6 is 34.8 Å². The number of sulfonamides is 1. The highest BCUT2D eigenvalue weighted by Crippen LogP contribution is 2.36. The van der Waals surface area contributed by atoms with Crippen molar-refractivity contribution in [3.63, 3.8) is 0 Å². The first-order chi connectivity index (χ1) is 17.6. The van der Waals surface area contributed by atoms with Gasteiger partial charge in [0.1, 0.15) is 12.6 Å². The van der Waals surface area contributed by atoms with Crippen molar-refractivity contribution in [2.75, 3.05) is 23.7 Å². The summed E-state index contributed by atoms with van der Waals surface area (Å²) in [6, 6.07) is 5.68. The van der Waals surface area contributed by atoms with Gasteiger partial charge >= 0.3 is 6.18 Å². The van der Waals surface area contributed by atoms with Gasteiger partial charge in [-0.2, -0.15) is 13.2 Å². The second-order valence-electron chi connectivity index (χ2n) is 8.48. The van der Waals surface area contributed by atoms with Gasteiger partial charge in [-0.25, -0.2) is 8.42 Å². The highest BCUT2D eigenvalue weighted by molar-refractivity contribution is 7.92. The number of alkyl halides is 3. The average molecular weight is 617 g/mol. The fourth-order valence-electron chi connectivity index (χ4n) is 3.45. The standard InChI is InChI=1S/C24H27Cl3F3N3O4S/c1-4-5-11-31-23(35)15(2)32(13-17-18(25)7-6-8-19(17)26)22(34)14-33(38(3,36)37)21-12-16(24(28,29)30)9-10-20(21)27/h6-10,12,15H,4-5,11,13-14H2,1-3H3,(H,31,35)/t15-/m1/s1. The molecule has 0 aliphatic heterocycles. The summed E-state index contributed by atoms with van der Waals surface area (Å²) in [5.74, 6) is -1.41. The van der Waals surface area contributed by atoms with Gasteiger partial charge in [-0.3, -0.25) is 13.9 Å². The van der Waals surface area contributed by atoms with E-state index in [1.54, 1.807) is 6.07 Å². The SMILES string of the molecule is CCCCNC(=O)[C@@H](C)N(Cc1c(Cl)cccc1Cl)C(=O)CN(c1cc(C(F)(F)F)ccc1Cl)S(C)(=O)=O. The summed E-state index contributed by atoms with van der Waals surface area (Å²) in [6.45, 7) is 2.52. The molecule has 1 N–H and O–H groups in total. The molecule has 7 nitrogen and oxygen atoms in total. The monoisotopic (exact) mass is 615 g/mol. The van der Waals surface area contributed by atoms with Gasteiger partial charge in [-0.15, -0.1) is 0 Å². The molecule has 2 amide bonds. The molecule has 0 unspecified atom stereocenters. The zero-order valence-electron chi connectivity index (χ0n) is 20.8. The normalized spacial score (nSPS) is 12.7. The summed E-state index contributed by atoms with van der Waals surface area (Å²) in [6.07, 6.45) is -2.55. The fraction of sp³-hybridized carbons (Fsp3) is 0.417. The van der Waals surface area contributed by atoms with Gasteiger partial charge in [-0.05, 0) is 43.7 Å². The molecule has 14 heteroatoms. The number of rotatable bonds is 11. The maximum atomic E-state index is 13.6. The molecule has 0 aliphatic rings. The average Bonchev–Trinajstić information content (AvgIpc) is 2.81. The molecule has 0 heterocycles. The summed E-state index contributed by atoms with van der Waals surface area (Å²) in [4.78, 5) is 27.5. The van der Waals surface area contributed by atoms with Crippen LogP contribution in [0, 0.1) is 0 Å². The van der Waals surface area contributed by atoms with E-state index in [0.717, 1.165) is 23.6 Å². The quantitative estimate of drug-likeness (QED) is 0.325. The molecule has 0 aromatic heterocycles. The zero-order valence-corrected chi connectivity index (χ0v) is 23.9. The number of unbranched alkanes of at least 4 members (excludes halogenated alkanes) is 1. The number of nitrogens with zero attached hydrogens (tertiary/aromatic N) is 2. The number of benzene rings is 2. The Kier molecular flexibility index (Phi) is 11.1. The lowest BCUT2D eigenvalue weighted by Crippen LogP contribution is -2.51. The first kappa shape index (κ1) is 32.0. The summed E-state index contributed by atoms with van der Waals surface area (Å²) < 4.78 is 65.8. The van der Waals surface area contributed by atoms with Crippen LogP contribution in [-0.4, -0.2) is 50.5 Å². The molecule has 0 aliphatic carbocycles. The van der Waals surface area contributed by atoms with Crippen molar-refractivity contribution < 1.29 is 31.2 Å². The minimum absolute atomic E-state index is 0.204. The van der Waals surface area contributed by atoms with Gasteiger partial charge in [0.05, 0.1) is 22.5 Å². The van der Waals surface area contributed by atoms with Gasteiger partial charge in [-0.1, -0.05) is 54.2 Å². The Labute approximate surface area is 234 Å². The number of amides is 2. The van der Waals surface area contributed by atoms with Crippen LogP contribution in [0.1, 0.15) is 37.8 Å². The Hall–Kier alpha value is -2.21. The number of anilines is 1. The van der Waals surface area contributed by atoms with E-state index in [1.165, 1.54) is 19.1 Å². The van der Waals surface area contributed by atoms with Crippen LogP contribution in [0.5, 0.6) is 0 Å². The summed E-state index contributed by atoms with van der Waals surface area (Å²) in [7, 11) is -4.30. The molecule has 0 bridgehead atoms. The Morgan fingerprint density at radius 2 is 1.66 bits per heavy atom. The number of halogens is 6. The van der Waals surface area contributed by atoms with E-state index in [-0.39, 0.29) is 21.6 Å². The molecule has 2 rings (SSSR count). The molecule has 1 atom stereocenters. The van der Waals surface area contributed by atoms with E-state index in [0.29, 0.717) is 35.0 Å². The van der Waals surface area contributed by atoms with Crippen molar-refractivity contribution in [1.29, 1.82) is 0 Å². The summed E-state index contributed by atoms with van der Waals surface area (Å²) in [5.41, 5.74) is -1.38. The van der Waals surface area contributed by atoms with Crippen LogP contribution in [0.15, 0.2) is 36.4 Å². The van der Waals surface area contributed by atoms with E-state index in [9.17, 15) is 31.2 Å². The predicted octanol–water partition coefficient (Wildman–Crippen LogP) is 5.77. The molecular formula is C24H27Cl3F3N3O4S. The number of hydrogen-bond acceptors (Lipinski definition) is 4. The second-order valence-corrected chi connectivity index (χ2v) is 11.6. The van der Waals surface area contributed by atoms with E-state index in [2.05, 4.69) is 5.32 Å². The van der Waals surface area contributed by atoms with Gasteiger partial charge in [0.25, 0.3) is 0 Å². The van der Waals surface area contributed by atoms with E-state index < -0.39 is 51.9 Å². The Bertz CT molecular complexity index is 1260. The zero-order chi connectivity index (χ0) is 28.8. The number of carbonyl (C=O) groups excluding carboxylic acids is 2. The van der Waals surface area contributed by atoms with Crippen LogP contribution in [0.4, 0.5) is 18.9 Å². The van der Waals surface area contributed by atoms with Gasteiger partial charge < -0.3 is 10.2 Å². The third-order valence-corrected chi connectivity index (χ3v) is 7.76. The largest absolute Gasteiger partial charge is 0.416 e. The maximum absolute atomic E-state index is 13.6. The van der Waals surface area contributed by atoms with Crippen molar-refractivity contribution in [1.82, 2.24) is 10.2 Å². The molecule has 0 saturated heterocycles. The third kappa shape index (κ3) is 8.39. The van der Waals surface area contributed by atoms with Crippen LogP contribution < -0.4 is 9.62 Å². The molecule has 0 spiro atoms. The lowest BCUT2D eigenvalue weighted by Gasteiger charge is -2.32. The number of carbonyl (C=O) groups is 2. The van der Waals surface area contributed by atoms with E-state index in [1.807, 2.05) is 6.92 Å². The third-order valence-electron chi connectivity index (χ3n) is 5.61. The van der Waals surface area contributed by atoms with Crippen LogP contribution in [0.3, 0.4) is 0 Å². The maximum Gasteiger partial charge on any atom is 0.416 e. The molecule has 2 aromatic carbocycles. The van der Waals surface area contributed by atoms with Crippen molar-refractivity contribution in [3.8, 4) is 0 Å². The Morgan fingerprint density at radius 1 is 1.05 bits per heavy atom. The molecular weight excluding hydrogens is 590 g/mol. The van der Waals surface area contributed by atoms with Crippen molar-refractivity contribution in [2.45, 2.75) is 45.5 Å². The topological polar surface area (TPSA) is 86.8 Å². The lowest BCUT2D eigenvalue weighted by molar-refractivity contribution is -0.139. The predicted molar refractivity (Wildman–Crippen MR) is 143 cm³/mol. The van der Waals surface area contributed by atoms with E-state index in [4.69, 9.17) is 34.8 Å². The molecule has 210 valence electrons. The minimum Gasteiger partial charge on any atom is -0.354 e. The first-order valence-electron chi connectivity index (χ1n) is 11.4. The molecule has 38 heavy (non-hydrogen) atoms. The van der Waals surface area contributed by atoms with Gasteiger partial charge in [0.2, 0.25) is 21.8 Å². The van der Waals surface area contributed by atoms with Gasteiger partial charge in [0.15, 0.2) is 0 Å². The number of hydrogen-bond donors (Lipinski definition) is 1. The van der Waals surface area contributed by atoms with Crippen LogP contribution in [0.2, 0.25) is 15.1 Å². The van der Waals surface area contributed by atoms with E-state index >= 15 is 0 Å². The minimum atomic E-state index is -4.79. The van der Waals surface area contributed by atoms with Crippen molar-refractivity contribution in [2.24, 2.45) is 0 Å². The first-order valence-corrected chi connectivity index (χ1v) is 14.4. The van der Waals surface area contributed by atoms with Crippen LogP contribution in [-0.2, 0) is 32.3 Å². The second kappa shape index (κ2) is 13.2. The molecule has 0 radical (unpaired) electrons. The Morgan fingerprint density at radius 3 is 2.18 bits per heavy atom.